The average molecular weight is 511 g/mol. The molecule has 11 heteroatoms. The van der Waals surface area contributed by atoms with Crippen LogP contribution in [0.2, 0.25) is 5.02 Å². The topological polar surface area (TPSA) is 102 Å². The van der Waals surface area contributed by atoms with Crippen LogP contribution in [0.4, 0.5) is 13.2 Å². The Hall–Kier alpha value is -3.37. The van der Waals surface area contributed by atoms with E-state index in [1.165, 1.54) is 50.4 Å². The maximum atomic E-state index is 14.1. The highest BCUT2D eigenvalue weighted by Gasteiger charge is 2.60. The van der Waals surface area contributed by atoms with Gasteiger partial charge in [-0.2, -0.15) is 13.2 Å². The van der Waals surface area contributed by atoms with Crippen molar-refractivity contribution < 1.29 is 37.7 Å². The van der Waals surface area contributed by atoms with E-state index in [1.54, 1.807) is 6.92 Å². The Bertz CT molecular complexity index is 1220. The predicted octanol–water partition coefficient (Wildman–Crippen LogP) is 5.28. The summed E-state index contributed by atoms with van der Waals surface area (Å²) in [5.74, 6) is -2.08. The molecular formula is C24H22ClF3N2O5. The second-order valence-corrected chi connectivity index (χ2v) is 8.24. The van der Waals surface area contributed by atoms with Gasteiger partial charge in [-0.25, -0.2) is 4.79 Å². The van der Waals surface area contributed by atoms with Gasteiger partial charge in [0.2, 0.25) is 5.60 Å². The Kier molecular flexibility index (Phi) is 7.56. The molecule has 2 atom stereocenters. The number of halogens is 4. The van der Waals surface area contributed by atoms with Crippen molar-refractivity contribution in [1.82, 2.24) is 9.97 Å². The predicted molar refractivity (Wildman–Crippen MR) is 121 cm³/mol. The molecule has 7 nitrogen and oxygen atoms in total. The zero-order chi connectivity index (χ0) is 26.0. The van der Waals surface area contributed by atoms with Crippen LogP contribution < -0.4 is 9.47 Å². The molecule has 35 heavy (non-hydrogen) atoms. The molecule has 0 amide bonds. The standard InChI is InChI=1S/C24H22ClF3N2O5/c1-13-10-30-21(11-29-13)23(33,24(26,27)28)14(2)18-7-6-17(9-19(18)25)35-12-16-5-4-15(22(31)32)8-20(16)34-3/h4-11,14,33H,12H2,1-3H3,(H,31,32). The normalized spacial score (nSPS) is 14.2. The first-order valence-corrected chi connectivity index (χ1v) is 10.7. The van der Waals surface area contributed by atoms with Crippen LogP contribution >= 0.6 is 11.6 Å². The van der Waals surface area contributed by atoms with Crippen LogP contribution in [0.1, 0.15) is 45.7 Å². The number of methoxy groups -OCH3 is 1. The van der Waals surface area contributed by atoms with Gasteiger partial charge in [-0.05, 0) is 36.8 Å². The highest BCUT2D eigenvalue weighted by atomic mass is 35.5. The summed E-state index contributed by atoms with van der Waals surface area (Å²) in [4.78, 5) is 18.7. The van der Waals surface area contributed by atoms with Gasteiger partial charge in [0.05, 0.1) is 24.6 Å². The van der Waals surface area contributed by atoms with Crippen molar-refractivity contribution >= 4 is 17.6 Å². The molecule has 2 aromatic carbocycles. The highest BCUT2D eigenvalue weighted by Crippen LogP contribution is 2.49. The van der Waals surface area contributed by atoms with E-state index >= 15 is 0 Å². The zero-order valence-electron chi connectivity index (χ0n) is 18.9. The van der Waals surface area contributed by atoms with Gasteiger partial charge in [0.25, 0.3) is 0 Å². The molecule has 2 N–H and O–H groups in total. The molecule has 0 saturated carbocycles. The van der Waals surface area contributed by atoms with Gasteiger partial charge in [0.15, 0.2) is 0 Å². The number of nitrogens with zero attached hydrogens (tertiary/aromatic N) is 2. The second kappa shape index (κ2) is 10.1. The minimum Gasteiger partial charge on any atom is -0.496 e. The Labute approximate surface area is 204 Å². The molecule has 0 saturated heterocycles. The molecule has 0 aliphatic heterocycles. The van der Waals surface area contributed by atoms with Gasteiger partial charge in [0, 0.05) is 22.7 Å². The summed E-state index contributed by atoms with van der Waals surface area (Å²) < 4.78 is 53.1. The van der Waals surface area contributed by atoms with Crippen molar-refractivity contribution in [2.45, 2.75) is 38.1 Å². The average Bonchev–Trinajstić information content (AvgIpc) is 2.81. The maximum Gasteiger partial charge on any atom is 0.423 e. The maximum absolute atomic E-state index is 14.1. The number of carboxylic acid groups (broad SMARTS) is 1. The molecule has 186 valence electrons. The van der Waals surface area contributed by atoms with Crippen molar-refractivity contribution in [3.05, 3.63) is 81.9 Å². The number of ether oxygens (including phenoxy) is 2. The quantitative estimate of drug-likeness (QED) is 0.425. The lowest BCUT2D eigenvalue weighted by Crippen LogP contribution is -2.47. The highest BCUT2D eigenvalue weighted by molar-refractivity contribution is 6.31. The molecule has 0 radical (unpaired) electrons. The Morgan fingerprint density at radius 3 is 2.40 bits per heavy atom. The first-order valence-electron chi connectivity index (χ1n) is 10.3. The number of aliphatic hydroxyl groups is 1. The molecule has 2 unspecified atom stereocenters. The van der Waals surface area contributed by atoms with Crippen LogP contribution in [0.5, 0.6) is 11.5 Å². The SMILES string of the molecule is COc1cc(C(=O)O)ccc1COc1ccc(C(C)C(O)(c2cnc(C)cn2)C(F)(F)F)c(Cl)c1. The lowest BCUT2D eigenvalue weighted by Gasteiger charge is -2.35. The summed E-state index contributed by atoms with van der Waals surface area (Å²) in [7, 11) is 1.39. The summed E-state index contributed by atoms with van der Waals surface area (Å²) in [6.45, 7) is 2.75. The molecule has 0 aliphatic rings. The van der Waals surface area contributed by atoms with Gasteiger partial charge >= 0.3 is 12.1 Å². The Morgan fingerprint density at radius 2 is 1.86 bits per heavy atom. The molecule has 0 spiro atoms. The van der Waals surface area contributed by atoms with E-state index in [0.717, 1.165) is 12.4 Å². The Balaban J connectivity index is 1.87. The van der Waals surface area contributed by atoms with Crippen molar-refractivity contribution in [3.63, 3.8) is 0 Å². The first-order chi connectivity index (χ1) is 16.4. The third-order valence-electron chi connectivity index (χ3n) is 5.60. The molecule has 1 heterocycles. The van der Waals surface area contributed by atoms with Crippen molar-refractivity contribution in [1.29, 1.82) is 0 Å². The van der Waals surface area contributed by atoms with Crippen LogP contribution in [0, 0.1) is 6.92 Å². The summed E-state index contributed by atoms with van der Waals surface area (Å²) in [6, 6.07) is 8.38. The van der Waals surface area contributed by atoms with Crippen LogP contribution in [-0.4, -0.2) is 39.4 Å². The number of carbonyl (C=O) groups is 1. The van der Waals surface area contributed by atoms with Gasteiger partial charge in [-0.15, -0.1) is 0 Å². The molecule has 0 bridgehead atoms. The zero-order valence-corrected chi connectivity index (χ0v) is 19.7. The van der Waals surface area contributed by atoms with E-state index < -0.39 is 29.4 Å². The van der Waals surface area contributed by atoms with Gasteiger partial charge in [0.1, 0.15) is 23.8 Å². The molecule has 0 fully saturated rings. The number of hydrogen-bond acceptors (Lipinski definition) is 6. The number of rotatable bonds is 8. The fourth-order valence-electron chi connectivity index (χ4n) is 3.53. The minimum absolute atomic E-state index is 0.0141. The first kappa shape index (κ1) is 26.2. The monoisotopic (exact) mass is 510 g/mol. The molecule has 3 rings (SSSR count). The number of benzene rings is 2. The van der Waals surface area contributed by atoms with Gasteiger partial charge in [-0.3, -0.25) is 9.97 Å². The van der Waals surface area contributed by atoms with E-state index in [0.29, 0.717) is 17.0 Å². The summed E-state index contributed by atoms with van der Waals surface area (Å²) in [5, 5.41) is 19.9. The van der Waals surface area contributed by atoms with Crippen LogP contribution in [0.15, 0.2) is 48.8 Å². The molecule has 1 aromatic heterocycles. The third-order valence-corrected chi connectivity index (χ3v) is 5.92. The van der Waals surface area contributed by atoms with E-state index in [4.69, 9.17) is 26.2 Å². The fourth-order valence-corrected chi connectivity index (χ4v) is 3.87. The van der Waals surface area contributed by atoms with Crippen molar-refractivity contribution in [3.8, 4) is 11.5 Å². The summed E-state index contributed by atoms with van der Waals surface area (Å²) in [6.07, 6.45) is -3.02. The number of hydrogen-bond donors (Lipinski definition) is 2. The van der Waals surface area contributed by atoms with E-state index in [2.05, 4.69) is 9.97 Å². The lowest BCUT2D eigenvalue weighted by atomic mass is 9.80. The van der Waals surface area contributed by atoms with Crippen LogP contribution in [0.3, 0.4) is 0 Å². The van der Waals surface area contributed by atoms with Crippen LogP contribution in [-0.2, 0) is 12.2 Å². The van der Waals surface area contributed by atoms with Crippen molar-refractivity contribution in [2.75, 3.05) is 7.11 Å². The minimum atomic E-state index is -5.06. The largest absolute Gasteiger partial charge is 0.496 e. The van der Waals surface area contributed by atoms with Gasteiger partial charge < -0.3 is 19.7 Å². The second-order valence-electron chi connectivity index (χ2n) is 7.83. The number of aromatic carboxylic acids is 1. The van der Waals surface area contributed by atoms with E-state index in [9.17, 15) is 23.1 Å². The van der Waals surface area contributed by atoms with E-state index in [-0.39, 0.29) is 28.5 Å². The number of aryl methyl sites for hydroxylation is 1. The van der Waals surface area contributed by atoms with Gasteiger partial charge in [-0.1, -0.05) is 30.7 Å². The fraction of sp³-hybridized carbons (Fsp3) is 0.292. The smallest absolute Gasteiger partial charge is 0.423 e. The lowest BCUT2D eigenvalue weighted by molar-refractivity contribution is -0.276. The number of carboxylic acids is 1. The number of alkyl halides is 3. The van der Waals surface area contributed by atoms with E-state index in [1.807, 2.05) is 0 Å². The third kappa shape index (κ3) is 5.33. The molecular weight excluding hydrogens is 489 g/mol. The van der Waals surface area contributed by atoms with Crippen LogP contribution in [0.25, 0.3) is 0 Å². The number of aromatic nitrogens is 2. The molecule has 0 aliphatic carbocycles. The Morgan fingerprint density at radius 1 is 1.14 bits per heavy atom. The summed E-state index contributed by atoms with van der Waals surface area (Å²) >= 11 is 6.30. The molecule has 3 aromatic rings. The summed E-state index contributed by atoms with van der Waals surface area (Å²) in [5.41, 5.74) is -2.95. The van der Waals surface area contributed by atoms with Crippen molar-refractivity contribution in [2.24, 2.45) is 0 Å².